The summed E-state index contributed by atoms with van der Waals surface area (Å²) in [5.41, 5.74) is 9.08. The first-order valence-corrected chi connectivity index (χ1v) is 8.57. The summed E-state index contributed by atoms with van der Waals surface area (Å²) in [7, 11) is 0. The van der Waals surface area contributed by atoms with E-state index < -0.39 is 6.04 Å². The summed E-state index contributed by atoms with van der Waals surface area (Å²) in [6.45, 7) is 0.119. The number of amides is 1. The average molecular weight is 337 g/mol. The van der Waals surface area contributed by atoms with Crippen molar-refractivity contribution in [1.29, 1.82) is 0 Å². The highest BCUT2D eigenvalue weighted by Crippen LogP contribution is 2.31. The largest absolute Gasteiger partial charge is 0.351 e. The summed E-state index contributed by atoms with van der Waals surface area (Å²) in [4.78, 5) is 17.4. The van der Waals surface area contributed by atoms with Crippen molar-refractivity contribution in [3.8, 4) is 0 Å². The van der Waals surface area contributed by atoms with E-state index in [4.69, 9.17) is 17.1 Å². The van der Waals surface area contributed by atoms with E-state index in [-0.39, 0.29) is 24.0 Å². The highest BCUT2D eigenvalue weighted by atomic mass is 35.5. The molecule has 1 amide bonds. The van der Waals surface area contributed by atoms with Gasteiger partial charge in [0.05, 0.1) is 12.2 Å². The van der Waals surface area contributed by atoms with Gasteiger partial charge in [-0.05, 0) is 30.5 Å². The molecule has 0 aromatic rings. The van der Waals surface area contributed by atoms with E-state index in [0.29, 0.717) is 0 Å². The van der Waals surface area contributed by atoms with E-state index in [1.807, 2.05) is 6.08 Å². The lowest BCUT2D eigenvalue weighted by Gasteiger charge is -2.45. The van der Waals surface area contributed by atoms with Gasteiger partial charge in [0, 0.05) is 11.0 Å². The van der Waals surface area contributed by atoms with E-state index in [1.54, 1.807) is 6.08 Å². The van der Waals surface area contributed by atoms with Crippen molar-refractivity contribution in [2.45, 2.75) is 56.1 Å². The molecule has 1 aliphatic carbocycles. The van der Waals surface area contributed by atoms with Crippen molar-refractivity contribution >= 4 is 17.5 Å². The van der Waals surface area contributed by atoms with Gasteiger partial charge in [0.2, 0.25) is 5.91 Å². The third kappa shape index (κ3) is 3.41. The molecule has 1 fully saturated rings. The standard InChI is InChI=1S/C15H21ClN6O/c16-13-8-7-11-14(20-13)22(10-5-3-1-2-4-6-10)12(9-18-21-17)15(23)19-11/h7-8,10,12-13,20H,1-6,9H2,(H,19,23)/t12-,13?/m1/s1. The molecule has 3 aliphatic rings. The molecule has 8 heteroatoms. The highest BCUT2D eigenvalue weighted by molar-refractivity contribution is 6.21. The molecule has 2 heterocycles. The van der Waals surface area contributed by atoms with Gasteiger partial charge in [0.25, 0.3) is 0 Å². The van der Waals surface area contributed by atoms with E-state index in [9.17, 15) is 4.79 Å². The minimum Gasteiger partial charge on any atom is -0.351 e. The van der Waals surface area contributed by atoms with Crippen molar-refractivity contribution in [2.75, 3.05) is 6.54 Å². The van der Waals surface area contributed by atoms with Crippen molar-refractivity contribution in [3.05, 3.63) is 34.1 Å². The molecule has 2 atom stereocenters. The molecule has 7 nitrogen and oxygen atoms in total. The lowest BCUT2D eigenvalue weighted by Crippen LogP contribution is -2.59. The minimum absolute atomic E-state index is 0.119. The summed E-state index contributed by atoms with van der Waals surface area (Å²) in [6, 6.07) is -0.231. The first-order valence-electron chi connectivity index (χ1n) is 8.14. The quantitative estimate of drug-likeness (QED) is 0.207. The van der Waals surface area contributed by atoms with Crippen LogP contribution in [0.25, 0.3) is 10.4 Å². The van der Waals surface area contributed by atoms with Crippen LogP contribution in [0, 0.1) is 0 Å². The molecule has 124 valence electrons. The fourth-order valence-electron chi connectivity index (χ4n) is 3.59. The molecule has 0 radical (unpaired) electrons. The highest BCUT2D eigenvalue weighted by Gasteiger charge is 2.39. The Hall–Kier alpha value is -1.85. The number of carbonyl (C=O) groups is 1. The van der Waals surface area contributed by atoms with Gasteiger partial charge in [-0.15, -0.1) is 0 Å². The zero-order valence-corrected chi connectivity index (χ0v) is 13.7. The first kappa shape index (κ1) is 16.0. The molecule has 3 rings (SSSR count). The van der Waals surface area contributed by atoms with Gasteiger partial charge in [-0.2, -0.15) is 0 Å². The minimum atomic E-state index is -0.490. The van der Waals surface area contributed by atoms with Crippen LogP contribution in [-0.4, -0.2) is 34.9 Å². The zero-order chi connectivity index (χ0) is 16.2. The van der Waals surface area contributed by atoms with Gasteiger partial charge in [-0.3, -0.25) is 4.79 Å². The summed E-state index contributed by atoms with van der Waals surface area (Å²) in [6.07, 6.45) is 10.5. The fourth-order valence-corrected chi connectivity index (χ4v) is 3.76. The predicted octanol–water partition coefficient (Wildman–Crippen LogP) is 2.71. The van der Waals surface area contributed by atoms with Crippen molar-refractivity contribution in [2.24, 2.45) is 5.11 Å². The second-order valence-electron chi connectivity index (χ2n) is 6.14. The third-order valence-corrected chi connectivity index (χ3v) is 4.91. The Kier molecular flexibility index (Phi) is 4.98. The van der Waals surface area contributed by atoms with E-state index in [2.05, 4.69) is 25.6 Å². The fraction of sp³-hybridized carbons (Fsp3) is 0.667. The maximum absolute atomic E-state index is 12.5. The van der Waals surface area contributed by atoms with Crippen LogP contribution >= 0.6 is 11.6 Å². The van der Waals surface area contributed by atoms with Crippen LogP contribution in [-0.2, 0) is 4.79 Å². The summed E-state index contributed by atoms with van der Waals surface area (Å²) < 4.78 is 0. The van der Waals surface area contributed by atoms with Crippen LogP contribution in [0.15, 0.2) is 28.8 Å². The molecule has 0 bridgehead atoms. The van der Waals surface area contributed by atoms with Crippen LogP contribution in [0.3, 0.4) is 0 Å². The van der Waals surface area contributed by atoms with E-state index in [0.717, 1.165) is 37.2 Å². The Balaban J connectivity index is 1.95. The maximum atomic E-state index is 12.5. The normalized spacial score (nSPS) is 28.4. The maximum Gasteiger partial charge on any atom is 0.247 e. The first-order chi connectivity index (χ1) is 11.2. The summed E-state index contributed by atoms with van der Waals surface area (Å²) in [5.74, 6) is 0.719. The smallest absolute Gasteiger partial charge is 0.247 e. The molecule has 1 unspecified atom stereocenters. The second kappa shape index (κ2) is 7.15. The van der Waals surface area contributed by atoms with Gasteiger partial charge < -0.3 is 15.5 Å². The van der Waals surface area contributed by atoms with Gasteiger partial charge >= 0.3 is 0 Å². The van der Waals surface area contributed by atoms with Gasteiger partial charge in [-0.25, -0.2) is 0 Å². The Bertz CT molecular complexity index is 575. The lowest BCUT2D eigenvalue weighted by molar-refractivity contribution is -0.127. The van der Waals surface area contributed by atoms with Crippen molar-refractivity contribution < 1.29 is 4.79 Å². The number of alkyl halides is 1. The van der Waals surface area contributed by atoms with Crippen LogP contribution in [0.4, 0.5) is 0 Å². The lowest BCUT2D eigenvalue weighted by atomic mass is 10.0. The predicted molar refractivity (Wildman–Crippen MR) is 88.2 cm³/mol. The number of nitrogens with zero attached hydrogens (tertiary/aromatic N) is 4. The monoisotopic (exact) mass is 336 g/mol. The van der Waals surface area contributed by atoms with Crippen LogP contribution in [0.2, 0.25) is 0 Å². The van der Waals surface area contributed by atoms with Gasteiger partial charge in [0.1, 0.15) is 17.4 Å². The van der Waals surface area contributed by atoms with Crippen LogP contribution in [0.1, 0.15) is 38.5 Å². The summed E-state index contributed by atoms with van der Waals surface area (Å²) >= 11 is 6.21. The molecule has 0 spiro atoms. The Morgan fingerprint density at radius 3 is 2.78 bits per heavy atom. The number of dihydropyridines is 1. The number of carbonyl (C=O) groups excluding carboxylic acids is 1. The number of nitrogens with one attached hydrogen (secondary N) is 2. The van der Waals surface area contributed by atoms with Crippen molar-refractivity contribution in [3.63, 3.8) is 0 Å². The van der Waals surface area contributed by atoms with Gasteiger partial charge in [-0.1, -0.05) is 42.4 Å². The average Bonchev–Trinajstić information content (AvgIpc) is 2.82. The Morgan fingerprint density at radius 2 is 2.09 bits per heavy atom. The number of hydrogen-bond donors (Lipinski definition) is 2. The zero-order valence-electron chi connectivity index (χ0n) is 12.9. The molecular weight excluding hydrogens is 316 g/mol. The Labute approximate surface area is 140 Å². The van der Waals surface area contributed by atoms with E-state index in [1.165, 1.54) is 12.8 Å². The molecule has 2 aliphatic heterocycles. The molecule has 2 N–H and O–H groups in total. The second-order valence-corrected chi connectivity index (χ2v) is 6.61. The SMILES string of the molecule is [N-]=[N+]=NC[C@@H]1C(=O)NC2=C(NC(Cl)C=C2)N1C1CCCCCC1. The summed E-state index contributed by atoms with van der Waals surface area (Å²) in [5, 5.41) is 9.79. The molecule has 0 aromatic carbocycles. The Morgan fingerprint density at radius 1 is 1.35 bits per heavy atom. The van der Waals surface area contributed by atoms with E-state index >= 15 is 0 Å². The molecule has 0 aromatic heterocycles. The number of allylic oxidation sites excluding steroid dienone is 1. The van der Waals surface area contributed by atoms with Gasteiger partial charge in [0.15, 0.2) is 0 Å². The molecule has 0 saturated heterocycles. The molecule has 23 heavy (non-hydrogen) atoms. The number of azide groups is 1. The number of rotatable bonds is 3. The topological polar surface area (TPSA) is 93.1 Å². The van der Waals surface area contributed by atoms with Crippen LogP contribution in [0.5, 0.6) is 0 Å². The number of hydrogen-bond acceptors (Lipinski definition) is 4. The van der Waals surface area contributed by atoms with Crippen molar-refractivity contribution in [1.82, 2.24) is 15.5 Å². The number of halogens is 1. The third-order valence-electron chi connectivity index (χ3n) is 4.65. The molecule has 1 saturated carbocycles. The molecular formula is C15H21ClN6O. The van der Waals surface area contributed by atoms with Crippen LogP contribution < -0.4 is 10.6 Å².